The Labute approximate surface area is 142 Å². The smallest absolute Gasteiger partial charge is 0.339 e. The Balaban J connectivity index is 2.02. The van der Waals surface area contributed by atoms with E-state index in [1.807, 2.05) is 0 Å². The van der Waals surface area contributed by atoms with E-state index in [0.29, 0.717) is 15.7 Å². The molecule has 7 heteroatoms. The van der Waals surface area contributed by atoms with Gasteiger partial charge in [0.15, 0.2) is 6.10 Å². The maximum Gasteiger partial charge on any atom is 0.339 e. The van der Waals surface area contributed by atoms with E-state index in [1.165, 1.54) is 37.3 Å². The molecular weight excluding hydrogens is 344 g/mol. The molecule has 0 aliphatic rings. The van der Waals surface area contributed by atoms with Crippen LogP contribution < -0.4 is 5.32 Å². The van der Waals surface area contributed by atoms with Crippen molar-refractivity contribution in [3.05, 3.63) is 63.9 Å². The minimum Gasteiger partial charge on any atom is -0.449 e. The summed E-state index contributed by atoms with van der Waals surface area (Å²) < 4.78 is 18.1. The highest BCUT2D eigenvalue weighted by molar-refractivity contribution is 6.35. The molecule has 1 atom stereocenters. The topological polar surface area (TPSA) is 55.4 Å². The van der Waals surface area contributed by atoms with Gasteiger partial charge in [-0.25, -0.2) is 9.18 Å². The number of esters is 1. The lowest BCUT2D eigenvalue weighted by Crippen LogP contribution is -2.30. The highest BCUT2D eigenvalue weighted by atomic mass is 35.5. The zero-order chi connectivity index (χ0) is 17.0. The lowest BCUT2D eigenvalue weighted by molar-refractivity contribution is -0.123. The van der Waals surface area contributed by atoms with Gasteiger partial charge in [-0.2, -0.15) is 0 Å². The predicted octanol–water partition coefficient (Wildman–Crippen LogP) is 4.32. The van der Waals surface area contributed by atoms with Gasteiger partial charge in [0.1, 0.15) is 5.82 Å². The number of carbonyl (C=O) groups is 2. The van der Waals surface area contributed by atoms with Crippen molar-refractivity contribution in [3.63, 3.8) is 0 Å². The summed E-state index contributed by atoms with van der Waals surface area (Å²) in [5, 5.41) is 3.21. The van der Waals surface area contributed by atoms with Gasteiger partial charge in [-0.3, -0.25) is 4.79 Å². The van der Waals surface area contributed by atoms with E-state index in [-0.39, 0.29) is 5.56 Å². The van der Waals surface area contributed by atoms with Gasteiger partial charge in [-0.05, 0) is 43.3 Å². The quantitative estimate of drug-likeness (QED) is 0.831. The second-order valence-electron chi connectivity index (χ2n) is 4.67. The third-order valence-corrected chi connectivity index (χ3v) is 3.46. The molecule has 2 aromatic carbocycles. The molecule has 4 nitrogen and oxygen atoms in total. The highest BCUT2D eigenvalue weighted by Crippen LogP contribution is 2.25. The molecule has 0 spiro atoms. The number of benzene rings is 2. The van der Waals surface area contributed by atoms with Gasteiger partial charge in [0, 0.05) is 5.02 Å². The fourth-order valence-electron chi connectivity index (χ4n) is 1.73. The Kier molecular flexibility index (Phi) is 5.58. The van der Waals surface area contributed by atoms with Gasteiger partial charge in [0.2, 0.25) is 0 Å². The fourth-order valence-corrected chi connectivity index (χ4v) is 2.06. The first kappa shape index (κ1) is 17.2. The van der Waals surface area contributed by atoms with E-state index in [9.17, 15) is 14.0 Å². The van der Waals surface area contributed by atoms with E-state index in [2.05, 4.69) is 5.32 Å². The molecule has 23 heavy (non-hydrogen) atoms. The standard InChI is InChI=1S/C16H12Cl2FNO3/c1-9(23-16(22)10-3-2-4-12(19)7-10)15(21)20-14-8-11(17)5-6-13(14)18/h2-9H,1H3,(H,20,21)/t9-/m1/s1. The van der Waals surface area contributed by atoms with Crippen molar-refractivity contribution >= 4 is 40.8 Å². The summed E-state index contributed by atoms with van der Waals surface area (Å²) in [5.74, 6) is -1.95. The molecule has 1 amide bonds. The van der Waals surface area contributed by atoms with E-state index in [1.54, 1.807) is 6.07 Å². The zero-order valence-electron chi connectivity index (χ0n) is 12.0. The summed E-state index contributed by atoms with van der Waals surface area (Å²) >= 11 is 11.8. The normalized spacial score (nSPS) is 11.7. The van der Waals surface area contributed by atoms with Crippen LogP contribution in [0.25, 0.3) is 0 Å². The minimum absolute atomic E-state index is 0.0189. The van der Waals surface area contributed by atoms with Crippen LogP contribution in [0.2, 0.25) is 10.0 Å². The highest BCUT2D eigenvalue weighted by Gasteiger charge is 2.20. The maximum absolute atomic E-state index is 13.1. The van der Waals surface area contributed by atoms with Gasteiger partial charge in [0.05, 0.1) is 16.3 Å². The van der Waals surface area contributed by atoms with Crippen molar-refractivity contribution < 1.29 is 18.7 Å². The lowest BCUT2D eigenvalue weighted by atomic mass is 10.2. The van der Waals surface area contributed by atoms with Crippen LogP contribution in [0.15, 0.2) is 42.5 Å². The molecule has 0 bridgehead atoms. The second kappa shape index (κ2) is 7.44. The number of hydrogen-bond acceptors (Lipinski definition) is 3. The number of halogens is 3. The van der Waals surface area contributed by atoms with Crippen molar-refractivity contribution in [2.45, 2.75) is 13.0 Å². The molecule has 0 heterocycles. The number of ether oxygens (including phenoxy) is 1. The van der Waals surface area contributed by atoms with Crippen molar-refractivity contribution in [1.82, 2.24) is 0 Å². The van der Waals surface area contributed by atoms with Gasteiger partial charge in [-0.1, -0.05) is 29.3 Å². The lowest BCUT2D eigenvalue weighted by Gasteiger charge is -2.14. The Bertz CT molecular complexity index is 752. The van der Waals surface area contributed by atoms with Crippen LogP contribution in [0.1, 0.15) is 17.3 Å². The summed E-state index contributed by atoms with van der Waals surface area (Å²) in [4.78, 5) is 23.9. The first-order valence-corrected chi connectivity index (χ1v) is 7.35. The Morgan fingerprint density at radius 2 is 1.91 bits per heavy atom. The number of nitrogens with one attached hydrogen (secondary N) is 1. The van der Waals surface area contributed by atoms with Crippen LogP contribution in [0, 0.1) is 5.82 Å². The van der Waals surface area contributed by atoms with Gasteiger partial charge in [-0.15, -0.1) is 0 Å². The number of anilines is 1. The van der Waals surface area contributed by atoms with E-state index < -0.39 is 23.8 Å². The summed E-state index contributed by atoms with van der Waals surface area (Å²) in [5.41, 5.74) is 0.322. The molecular formula is C16H12Cl2FNO3. The van der Waals surface area contributed by atoms with E-state index >= 15 is 0 Å². The monoisotopic (exact) mass is 355 g/mol. The van der Waals surface area contributed by atoms with Crippen molar-refractivity contribution in [1.29, 1.82) is 0 Å². The molecule has 2 rings (SSSR count). The molecule has 0 saturated heterocycles. The van der Waals surface area contributed by atoms with Gasteiger partial charge < -0.3 is 10.1 Å². The number of carbonyl (C=O) groups excluding carboxylic acids is 2. The van der Waals surface area contributed by atoms with Gasteiger partial charge in [0.25, 0.3) is 5.91 Å². The van der Waals surface area contributed by atoms with E-state index in [4.69, 9.17) is 27.9 Å². The summed E-state index contributed by atoms with van der Waals surface area (Å²) in [6.45, 7) is 1.39. The molecule has 0 aliphatic carbocycles. The summed E-state index contributed by atoms with van der Waals surface area (Å²) in [6, 6.07) is 9.58. The number of rotatable bonds is 4. The van der Waals surface area contributed by atoms with Crippen LogP contribution in [0.3, 0.4) is 0 Å². The van der Waals surface area contributed by atoms with Crippen molar-refractivity contribution in [3.8, 4) is 0 Å². The largest absolute Gasteiger partial charge is 0.449 e. The van der Waals surface area contributed by atoms with Gasteiger partial charge >= 0.3 is 5.97 Å². The fraction of sp³-hybridized carbons (Fsp3) is 0.125. The average molecular weight is 356 g/mol. The molecule has 0 aromatic heterocycles. The molecule has 0 aliphatic heterocycles. The van der Waals surface area contributed by atoms with Crippen LogP contribution in [0.5, 0.6) is 0 Å². The minimum atomic E-state index is -1.10. The van der Waals surface area contributed by atoms with Crippen molar-refractivity contribution in [2.75, 3.05) is 5.32 Å². The third kappa shape index (κ3) is 4.68. The molecule has 0 radical (unpaired) electrons. The molecule has 120 valence electrons. The molecule has 1 N–H and O–H groups in total. The summed E-state index contributed by atoms with van der Waals surface area (Å²) in [6.07, 6.45) is -1.10. The van der Waals surface area contributed by atoms with Crippen LogP contribution in [-0.2, 0) is 9.53 Å². The van der Waals surface area contributed by atoms with Crippen LogP contribution in [0.4, 0.5) is 10.1 Å². The van der Waals surface area contributed by atoms with E-state index in [0.717, 1.165) is 6.07 Å². The zero-order valence-corrected chi connectivity index (χ0v) is 13.5. The first-order valence-electron chi connectivity index (χ1n) is 6.59. The predicted molar refractivity (Wildman–Crippen MR) is 86.4 cm³/mol. The SMILES string of the molecule is C[C@@H](OC(=O)c1cccc(F)c1)C(=O)Nc1cc(Cl)ccc1Cl. The Morgan fingerprint density at radius 1 is 1.17 bits per heavy atom. The molecule has 0 saturated carbocycles. The average Bonchev–Trinajstić information content (AvgIpc) is 2.50. The third-order valence-electron chi connectivity index (χ3n) is 2.90. The Hall–Kier alpha value is -2.11. The first-order chi connectivity index (χ1) is 10.9. The van der Waals surface area contributed by atoms with Crippen molar-refractivity contribution in [2.24, 2.45) is 0 Å². The molecule has 0 unspecified atom stereocenters. The van der Waals surface area contributed by atoms with Crippen LogP contribution >= 0.6 is 23.2 Å². The summed E-state index contributed by atoms with van der Waals surface area (Å²) in [7, 11) is 0. The molecule has 0 fully saturated rings. The van der Waals surface area contributed by atoms with Crippen LogP contribution in [-0.4, -0.2) is 18.0 Å². The second-order valence-corrected chi connectivity index (χ2v) is 5.51. The number of amides is 1. The molecule has 2 aromatic rings. The number of hydrogen-bond donors (Lipinski definition) is 1. The Morgan fingerprint density at radius 3 is 2.61 bits per heavy atom. The maximum atomic E-state index is 13.1.